The highest BCUT2D eigenvalue weighted by Crippen LogP contribution is 2.29. The number of nitrogens with zero attached hydrogens (tertiary/aromatic N) is 3. The lowest BCUT2D eigenvalue weighted by molar-refractivity contribution is 0.414. The van der Waals surface area contributed by atoms with E-state index in [1.165, 1.54) is 23.3 Å². The van der Waals surface area contributed by atoms with E-state index in [4.69, 9.17) is 4.74 Å². The molecule has 0 amide bonds. The van der Waals surface area contributed by atoms with Crippen LogP contribution in [0.2, 0.25) is 0 Å². The summed E-state index contributed by atoms with van der Waals surface area (Å²) in [5.74, 6) is 0.690. The quantitative estimate of drug-likeness (QED) is 0.713. The number of aromatic nitrogens is 2. The van der Waals surface area contributed by atoms with Gasteiger partial charge in [0.25, 0.3) is 0 Å². The zero-order chi connectivity index (χ0) is 17.2. The highest BCUT2D eigenvalue weighted by atomic mass is 32.1. The summed E-state index contributed by atoms with van der Waals surface area (Å²) in [5, 5.41) is 10.6. The first-order valence-corrected chi connectivity index (χ1v) is 9.00. The molecule has 1 aliphatic rings. The van der Waals surface area contributed by atoms with E-state index in [1.807, 2.05) is 6.07 Å². The lowest BCUT2D eigenvalue weighted by Crippen LogP contribution is -2.30. The summed E-state index contributed by atoms with van der Waals surface area (Å²) < 4.78 is 18.3. The Kier molecular flexibility index (Phi) is 4.36. The van der Waals surface area contributed by atoms with Gasteiger partial charge in [0.2, 0.25) is 5.13 Å². The zero-order valence-corrected chi connectivity index (χ0v) is 14.7. The van der Waals surface area contributed by atoms with Crippen molar-refractivity contribution < 1.29 is 9.13 Å². The summed E-state index contributed by atoms with van der Waals surface area (Å²) in [6.07, 6.45) is 1.65. The van der Waals surface area contributed by atoms with Crippen LogP contribution in [-0.4, -0.2) is 23.9 Å². The van der Waals surface area contributed by atoms with Crippen molar-refractivity contribution in [3.05, 3.63) is 70.0 Å². The van der Waals surface area contributed by atoms with Crippen molar-refractivity contribution in [2.45, 2.75) is 19.4 Å². The van der Waals surface area contributed by atoms with Crippen molar-refractivity contribution in [3.63, 3.8) is 0 Å². The number of methoxy groups -OCH3 is 1. The molecule has 0 aliphatic carbocycles. The SMILES string of the molecule is COc1ccc2c(c1)CCN(c1nnc(Cc3ccc(F)cc3)s1)C2. The van der Waals surface area contributed by atoms with Crippen LogP contribution in [0.25, 0.3) is 0 Å². The van der Waals surface area contributed by atoms with Gasteiger partial charge >= 0.3 is 0 Å². The van der Waals surface area contributed by atoms with Gasteiger partial charge in [0, 0.05) is 19.5 Å². The monoisotopic (exact) mass is 355 g/mol. The molecule has 0 bridgehead atoms. The Morgan fingerprint density at radius 3 is 2.76 bits per heavy atom. The van der Waals surface area contributed by atoms with Crippen molar-refractivity contribution >= 4 is 16.5 Å². The van der Waals surface area contributed by atoms with Gasteiger partial charge in [-0.2, -0.15) is 0 Å². The minimum Gasteiger partial charge on any atom is -0.497 e. The Bertz CT molecular complexity index is 879. The van der Waals surface area contributed by atoms with E-state index < -0.39 is 0 Å². The van der Waals surface area contributed by atoms with Crippen LogP contribution in [-0.2, 0) is 19.4 Å². The summed E-state index contributed by atoms with van der Waals surface area (Å²) in [6, 6.07) is 12.8. The molecule has 4 rings (SSSR count). The van der Waals surface area contributed by atoms with Crippen LogP contribution in [0, 0.1) is 5.82 Å². The van der Waals surface area contributed by atoms with Crippen LogP contribution in [0.1, 0.15) is 21.7 Å². The van der Waals surface area contributed by atoms with E-state index in [1.54, 1.807) is 30.6 Å². The summed E-state index contributed by atoms with van der Waals surface area (Å²) >= 11 is 1.61. The van der Waals surface area contributed by atoms with Gasteiger partial charge in [-0.25, -0.2) is 4.39 Å². The number of hydrogen-bond acceptors (Lipinski definition) is 5. The largest absolute Gasteiger partial charge is 0.497 e. The number of anilines is 1. The van der Waals surface area contributed by atoms with Crippen LogP contribution < -0.4 is 9.64 Å². The molecule has 2 aromatic carbocycles. The van der Waals surface area contributed by atoms with Crippen molar-refractivity contribution in [1.82, 2.24) is 10.2 Å². The molecule has 2 heterocycles. The van der Waals surface area contributed by atoms with E-state index >= 15 is 0 Å². The molecule has 0 N–H and O–H groups in total. The second-order valence-corrected chi connectivity index (χ2v) is 7.13. The summed E-state index contributed by atoms with van der Waals surface area (Å²) in [5.41, 5.74) is 3.69. The smallest absolute Gasteiger partial charge is 0.208 e. The predicted octanol–water partition coefficient (Wildman–Crippen LogP) is 3.84. The summed E-state index contributed by atoms with van der Waals surface area (Å²) in [6.45, 7) is 1.76. The Balaban J connectivity index is 1.47. The highest BCUT2D eigenvalue weighted by molar-refractivity contribution is 7.15. The van der Waals surface area contributed by atoms with Gasteiger partial charge in [-0.05, 0) is 47.4 Å². The maximum atomic E-state index is 13.0. The fourth-order valence-corrected chi connectivity index (χ4v) is 3.94. The van der Waals surface area contributed by atoms with Gasteiger partial charge in [-0.15, -0.1) is 10.2 Å². The molecular weight excluding hydrogens is 337 g/mol. The molecule has 1 aromatic heterocycles. The third kappa shape index (κ3) is 3.49. The molecule has 6 heteroatoms. The third-order valence-corrected chi connectivity index (χ3v) is 5.41. The Labute approximate surface area is 149 Å². The van der Waals surface area contributed by atoms with Gasteiger partial charge in [-0.3, -0.25) is 0 Å². The van der Waals surface area contributed by atoms with E-state index in [-0.39, 0.29) is 5.82 Å². The molecule has 1 aliphatic heterocycles. The Hall–Kier alpha value is -2.47. The van der Waals surface area contributed by atoms with Gasteiger partial charge in [0.1, 0.15) is 16.6 Å². The van der Waals surface area contributed by atoms with E-state index in [2.05, 4.69) is 27.2 Å². The van der Waals surface area contributed by atoms with Crippen molar-refractivity contribution in [1.29, 1.82) is 0 Å². The second kappa shape index (κ2) is 6.80. The average molecular weight is 355 g/mol. The molecule has 0 fully saturated rings. The van der Waals surface area contributed by atoms with Crippen LogP contribution in [0.3, 0.4) is 0 Å². The summed E-state index contributed by atoms with van der Waals surface area (Å²) in [4.78, 5) is 2.26. The molecule has 3 aromatic rings. The minimum atomic E-state index is -0.217. The van der Waals surface area contributed by atoms with Gasteiger partial charge in [0.05, 0.1) is 7.11 Å². The number of fused-ring (bicyclic) bond motifs is 1. The van der Waals surface area contributed by atoms with Gasteiger partial charge < -0.3 is 9.64 Å². The molecule has 0 radical (unpaired) electrons. The molecule has 25 heavy (non-hydrogen) atoms. The molecule has 4 nitrogen and oxygen atoms in total. The first-order chi connectivity index (χ1) is 12.2. The standard InChI is InChI=1S/C19H18FN3OS/c1-24-17-7-4-15-12-23(9-8-14(15)11-17)19-22-21-18(25-19)10-13-2-5-16(20)6-3-13/h2-7,11H,8-10,12H2,1H3. The first-order valence-electron chi connectivity index (χ1n) is 8.19. The normalized spacial score (nSPS) is 13.6. The second-order valence-electron chi connectivity index (χ2n) is 6.09. The molecule has 128 valence electrons. The number of hydrogen-bond donors (Lipinski definition) is 0. The predicted molar refractivity (Wildman–Crippen MR) is 96.9 cm³/mol. The topological polar surface area (TPSA) is 38.2 Å². The first kappa shape index (κ1) is 16.0. The Morgan fingerprint density at radius 1 is 1.12 bits per heavy atom. The third-order valence-electron chi connectivity index (χ3n) is 4.42. The molecule has 0 saturated carbocycles. The molecular formula is C19H18FN3OS. The number of rotatable bonds is 4. The highest BCUT2D eigenvalue weighted by Gasteiger charge is 2.20. The van der Waals surface area contributed by atoms with E-state index in [9.17, 15) is 4.39 Å². The molecule has 0 unspecified atom stereocenters. The van der Waals surface area contributed by atoms with Gasteiger partial charge in [0.15, 0.2) is 0 Å². The van der Waals surface area contributed by atoms with Crippen LogP contribution in [0.15, 0.2) is 42.5 Å². The maximum absolute atomic E-state index is 13.0. The summed E-state index contributed by atoms with van der Waals surface area (Å²) in [7, 11) is 1.70. The molecule has 0 saturated heterocycles. The fraction of sp³-hybridized carbons (Fsp3) is 0.263. The van der Waals surface area contributed by atoms with E-state index in [0.29, 0.717) is 6.42 Å². The Morgan fingerprint density at radius 2 is 1.96 bits per heavy atom. The van der Waals surface area contributed by atoms with Crippen molar-refractivity contribution in [3.8, 4) is 5.75 Å². The molecule has 0 spiro atoms. The van der Waals surface area contributed by atoms with E-state index in [0.717, 1.165) is 41.0 Å². The lowest BCUT2D eigenvalue weighted by atomic mass is 10.00. The maximum Gasteiger partial charge on any atom is 0.208 e. The average Bonchev–Trinajstić information content (AvgIpc) is 3.11. The van der Waals surface area contributed by atoms with Crippen LogP contribution in [0.5, 0.6) is 5.75 Å². The fourth-order valence-electron chi connectivity index (χ4n) is 3.04. The van der Waals surface area contributed by atoms with Gasteiger partial charge in [-0.1, -0.05) is 29.5 Å². The van der Waals surface area contributed by atoms with Crippen molar-refractivity contribution in [2.24, 2.45) is 0 Å². The lowest BCUT2D eigenvalue weighted by Gasteiger charge is -2.28. The number of ether oxygens (including phenoxy) is 1. The minimum absolute atomic E-state index is 0.217. The van der Waals surface area contributed by atoms with Crippen LogP contribution >= 0.6 is 11.3 Å². The number of halogens is 1. The van der Waals surface area contributed by atoms with Crippen molar-refractivity contribution in [2.75, 3.05) is 18.6 Å². The van der Waals surface area contributed by atoms with Crippen LogP contribution in [0.4, 0.5) is 9.52 Å². The number of benzene rings is 2. The molecule has 0 atom stereocenters. The zero-order valence-electron chi connectivity index (χ0n) is 13.9.